The molecule has 0 saturated carbocycles. The van der Waals surface area contributed by atoms with Gasteiger partial charge < -0.3 is 14.2 Å². The summed E-state index contributed by atoms with van der Waals surface area (Å²) in [5, 5.41) is 0. The van der Waals surface area contributed by atoms with Crippen LogP contribution in [0, 0.1) is 0 Å². The van der Waals surface area contributed by atoms with E-state index in [9.17, 15) is 14.4 Å². The van der Waals surface area contributed by atoms with E-state index >= 15 is 0 Å². The van der Waals surface area contributed by atoms with Crippen molar-refractivity contribution in [3.05, 3.63) is 24.3 Å². The van der Waals surface area contributed by atoms with Crippen LogP contribution in [0.5, 0.6) is 0 Å². The molecule has 0 rings (SSSR count). The van der Waals surface area contributed by atoms with Gasteiger partial charge in [0.2, 0.25) is 0 Å². The fraction of sp³-hybridized carbons (Fsp3) is 0.889. The molecule has 0 spiro atoms. The van der Waals surface area contributed by atoms with Crippen molar-refractivity contribution in [3.63, 3.8) is 0 Å². The normalized spacial score (nSPS) is 12.1. The number of unbranched alkanes of at least 4 members (excludes halogenated alkanes) is 42. The monoisotopic (exact) mass is 971 g/mol. The van der Waals surface area contributed by atoms with Gasteiger partial charge in [0.1, 0.15) is 13.2 Å². The van der Waals surface area contributed by atoms with E-state index in [1.807, 2.05) is 0 Å². The van der Waals surface area contributed by atoms with Gasteiger partial charge in [0.15, 0.2) is 6.10 Å². The van der Waals surface area contributed by atoms with Gasteiger partial charge in [-0.25, -0.2) is 0 Å². The number of carbonyl (C=O) groups is 3. The Morgan fingerprint density at radius 2 is 0.522 bits per heavy atom. The van der Waals surface area contributed by atoms with Crippen molar-refractivity contribution in [3.8, 4) is 0 Å². The Labute approximate surface area is 430 Å². The van der Waals surface area contributed by atoms with Crippen molar-refractivity contribution >= 4 is 17.9 Å². The molecule has 0 radical (unpaired) electrons. The standard InChI is InChI=1S/C63H118O6/c1-4-7-10-13-16-19-22-25-28-31-33-35-38-41-44-47-50-53-56-62(65)68-59-60(58-67-61(64)55-52-49-46-43-40-37-34-30-27-24-21-18-15-12-9-6-3)69-63(66)57-54-51-48-45-42-39-36-32-29-26-23-20-17-14-11-8-5-2/h17,20,26,29,60H,4-16,18-19,21-25,27-28,30-59H2,1-3H3/b20-17-,29-26-/t60-/m1/s1. The minimum atomic E-state index is -0.771. The van der Waals surface area contributed by atoms with E-state index in [1.165, 1.54) is 231 Å². The summed E-state index contributed by atoms with van der Waals surface area (Å²) in [6, 6.07) is 0. The number of hydrogen-bond donors (Lipinski definition) is 0. The van der Waals surface area contributed by atoms with Crippen LogP contribution in [0.25, 0.3) is 0 Å². The zero-order valence-electron chi connectivity index (χ0n) is 46.6. The lowest BCUT2D eigenvalue weighted by Crippen LogP contribution is -2.30. The Morgan fingerprint density at radius 3 is 0.826 bits per heavy atom. The summed E-state index contributed by atoms with van der Waals surface area (Å²) in [5.74, 6) is -0.850. The van der Waals surface area contributed by atoms with Gasteiger partial charge >= 0.3 is 17.9 Å². The van der Waals surface area contributed by atoms with E-state index in [0.717, 1.165) is 70.6 Å². The Balaban J connectivity index is 4.32. The van der Waals surface area contributed by atoms with Crippen molar-refractivity contribution < 1.29 is 28.6 Å². The van der Waals surface area contributed by atoms with Gasteiger partial charge in [-0.1, -0.05) is 295 Å². The maximum atomic E-state index is 12.9. The van der Waals surface area contributed by atoms with Crippen LogP contribution in [0.4, 0.5) is 0 Å². The third-order valence-corrected chi connectivity index (χ3v) is 14.0. The van der Waals surface area contributed by atoms with E-state index in [0.29, 0.717) is 19.3 Å². The summed E-state index contributed by atoms with van der Waals surface area (Å²) >= 11 is 0. The number of esters is 3. The first-order valence-electron chi connectivity index (χ1n) is 30.8. The summed E-state index contributed by atoms with van der Waals surface area (Å²) in [4.78, 5) is 38.2. The largest absolute Gasteiger partial charge is 0.462 e. The first kappa shape index (κ1) is 66.9. The van der Waals surface area contributed by atoms with Crippen LogP contribution >= 0.6 is 0 Å². The molecule has 0 N–H and O–H groups in total. The fourth-order valence-electron chi connectivity index (χ4n) is 9.30. The van der Waals surface area contributed by atoms with Crippen LogP contribution in [0.3, 0.4) is 0 Å². The van der Waals surface area contributed by atoms with Crippen molar-refractivity contribution in [2.45, 2.75) is 348 Å². The summed E-state index contributed by atoms with van der Waals surface area (Å²) in [6.07, 6.45) is 68.8. The molecule has 1 atom stereocenters. The Hall–Kier alpha value is -2.11. The lowest BCUT2D eigenvalue weighted by atomic mass is 10.0. The zero-order chi connectivity index (χ0) is 50.0. The lowest BCUT2D eigenvalue weighted by molar-refractivity contribution is -0.167. The molecule has 6 heteroatoms. The molecule has 0 aromatic carbocycles. The van der Waals surface area contributed by atoms with Gasteiger partial charge in [-0.3, -0.25) is 14.4 Å². The molecule has 0 amide bonds. The molecule has 0 fully saturated rings. The number of rotatable bonds is 57. The fourth-order valence-corrected chi connectivity index (χ4v) is 9.30. The molecule has 0 bridgehead atoms. The van der Waals surface area contributed by atoms with Crippen LogP contribution < -0.4 is 0 Å². The van der Waals surface area contributed by atoms with Crippen molar-refractivity contribution in [1.29, 1.82) is 0 Å². The molecule has 6 nitrogen and oxygen atoms in total. The lowest BCUT2D eigenvalue weighted by Gasteiger charge is -2.18. The quantitative estimate of drug-likeness (QED) is 0.0261. The number of carbonyl (C=O) groups excluding carboxylic acids is 3. The van der Waals surface area contributed by atoms with Crippen LogP contribution in [-0.2, 0) is 28.6 Å². The van der Waals surface area contributed by atoms with Crippen LogP contribution in [-0.4, -0.2) is 37.2 Å². The van der Waals surface area contributed by atoms with Gasteiger partial charge in [0.25, 0.3) is 0 Å². The van der Waals surface area contributed by atoms with Gasteiger partial charge in [0, 0.05) is 19.3 Å². The highest BCUT2D eigenvalue weighted by atomic mass is 16.6. The zero-order valence-corrected chi connectivity index (χ0v) is 46.6. The predicted octanol–water partition coefficient (Wildman–Crippen LogP) is 20.7. The van der Waals surface area contributed by atoms with E-state index in [-0.39, 0.29) is 31.1 Å². The second-order valence-corrected chi connectivity index (χ2v) is 21.0. The molecule has 406 valence electrons. The molecule has 69 heavy (non-hydrogen) atoms. The maximum Gasteiger partial charge on any atom is 0.306 e. The molecular formula is C63H118O6. The third-order valence-electron chi connectivity index (χ3n) is 14.0. The summed E-state index contributed by atoms with van der Waals surface area (Å²) in [5.41, 5.74) is 0. The van der Waals surface area contributed by atoms with Gasteiger partial charge in [-0.2, -0.15) is 0 Å². The van der Waals surface area contributed by atoms with E-state index in [1.54, 1.807) is 0 Å². The molecule has 0 aliphatic heterocycles. The topological polar surface area (TPSA) is 78.9 Å². The van der Waals surface area contributed by atoms with E-state index in [4.69, 9.17) is 14.2 Å². The average molecular weight is 972 g/mol. The Bertz CT molecular complexity index is 1110. The third kappa shape index (κ3) is 56.7. The first-order chi connectivity index (χ1) is 34.0. The SMILES string of the molecule is CCCCC/C=C\C/C=C\CCCCCCCCCC(=O)O[C@H](COC(=O)CCCCCCCCCCCCCCCCCC)COC(=O)CCCCCCCCCCCCCCCCCCCC. The van der Waals surface area contributed by atoms with E-state index in [2.05, 4.69) is 45.1 Å². The van der Waals surface area contributed by atoms with Gasteiger partial charge in [-0.05, 0) is 51.4 Å². The highest BCUT2D eigenvalue weighted by Crippen LogP contribution is 2.18. The molecule has 0 aromatic heterocycles. The van der Waals surface area contributed by atoms with Crippen molar-refractivity contribution in [1.82, 2.24) is 0 Å². The Morgan fingerprint density at radius 1 is 0.290 bits per heavy atom. The first-order valence-corrected chi connectivity index (χ1v) is 30.8. The van der Waals surface area contributed by atoms with Gasteiger partial charge in [0.05, 0.1) is 0 Å². The van der Waals surface area contributed by atoms with Crippen LogP contribution in [0.1, 0.15) is 342 Å². The van der Waals surface area contributed by atoms with Crippen molar-refractivity contribution in [2.75, 3.05) is 13.2 Å². The van der Waals surface area contributed by atoms with E-state index < -0.39 is 6.10 Å². The molecule has 0 aliphatic rings. The number of ether oxygens (including phenoxy) is 3. The molecule has 0 aliphatic carbocycles. The molecule has 0 saturated heterocycles. The predicted molar refractivity (Wildman–Crippen MR) is 298 cm³/mol. The smallest absolute Gasteiger partial charge is 0.306 e. The molecular weight excluding hydrogens is 853 g/mol. The van der Waals surface area contributed by atoms with Crippen LogP contribution in [0.2, 0.25) is 0 Å². The summed E-state index contributed by atoms with van der Waals surface area (Å²) in [7, 11) is 0. The second-order valence-electron chi connectivity index (χ2n) is 21.0. The summed E-state index contributed by atoms with van der Waals surface area (Å²) in [6.45, 7) is 6.67. The number of allylic oxidation sites excluding steroid dienone is 4. The highest BCUT2D eigenvalue weighted by Gasteiger charge is 2.19. The maximum absolute atomic E-state index is 12.9. The molecule has 0 aromatic rings. The average Bonchev–Trinajstić information content (AvgIpc) is 3.35. The number of hydrogen-bond acceptors (Lipinski definition) is 6. The Kier molecular flexibility index (Phi) is 56.7. The van der Waals surface area contributed by atoms with Crippen molar-refractivity contribution in [2.24, 2.45) is 0 Å². The van der Waals surface area contributed by atoms with Crippen LogP contribution in [0.15, 0.2) is 24.3 Å². The second kappa shape index (κ2) is 58.5. The summed E-state index contributed by atoms with van der Waals surface area (Å²) < 4.78 is 16.9. The molecule has 0 unspecified atom stereocenters. The highest BCUT2D eigenvalue weighted by molar-refractivity contribution is 5.71. The molecule has 0 heterocycles. The van der Waals surface area contributed by atoms with Gasteiger partial charge in [-0.15, -0.1) is 0 Å². The minimum absolute atomic E-state index is 0.0686. The minimum Gasteiger partial charge on any atom is -0.462 e.